The molecule has 1 saturated carbocycles. The zero-order valence-corrected chi connectivity index (χ0v) is 10.3. The van der Waals surface area contributed by atoms with Gasteiger partial charge in [0.25, 0.3) is 0 Å². The molecule has 0 aromatic heterocycles. The van der Waals surface area contributed by atoms with Crippen LogP contribution in [0.15, 0.2) is 0 Å². The minimum atomic E-state index is -0.859. The van der Waals surface area contributed by atoms with Gasteiger partial charge in [-0.1, -0.05) is 19.3 Å². The summed E-state index contributed by atoms with van der Waals surface area (Å²) in [5.41, 5.74) is 0. The topological polar surface area (TPSA) is 66.4 Å². The number of carboxylic acids is 1. The van der Waals surface area contributed by atoms with Crippen molar-refractivity contribution in [3.05, 3.63) is 0 Å². The van der Waals surface area contributed by atoms with Gasteiger partial charge in [0.2, 0.25) is 5.91 Å². The first-order valence-electron chi connectivity index (χ1n) is 6.00. The zero-order chi connectivity index (χ0) is 12.8. The summed E-state index contributed by atoms with van der Waals surface area (Å²) in [6.45, 7) is 4.04. The number of hydrogen-bond acceptors (Lipinski definition) is 2. The second-order valence-corrected chi connectivity index (χ2v) is 4.44. The van der Waals surface area contributed by atoms with Gasteiger partial charge in [-0.3, -0.25) is 9.59 Å². The van der Waals surface area contributed by atoms with E-state index >= 15 is 0 Å². The van der Waals surface area contributed by atoms with E-state index in [1.165, 1.54) is 0 Å². The van der Waals surface area contributed by atoms with Crippen LogP contribution in [0.1, 0.15) is 33.1 Å². The predicted molar refractivity (Wildman–Crippen MR) is 64.1 cm³/mol. The molecule has 1 aliphatic carbocycles. The maximum Gasteiger partial charge on any atom is 0.307 e. The molecule has 0 spiro atoms. The van der Waals surface area contributed by atoms with Gasteiger partial charge >= 0.3 is 5.97 Å². The van der Waals surface area contributed by atoms with Gasteiger partial charge in [-0.15, -0.1) is 5.92 Å². The first-order valence-corrected chi connectivity index (χ1v) is 6.00. The second-order valence-electron chi connectivity index (χ2n) is 4.44. The lowest BCUT2D eigenvalue weighted by Crippen LogP contribution is -2.35. The summed E-state index contributed by atoms with van der Waals surface area (Å²) in [6.07, 6.45) is 2.23. The molecule has 1 aliphatic rings. The van der Waals surface area contributed by atoms with Gasteiger partial charge in [-0.05, 0) is 25.7 Å². The number of amides is 1. The Morgan fingerprint density at radius 3 is 2.53 bits per heavy atom. The highest BCUT2D eigenvalue weighted by atomic mass is 16.4. The maximum absolute atomic E-state index is 11.9. The van der Waals surface area contributed by atoms with Crippen molar-refractivity contribution in [3.63, 3.8) is 0 Å². The molecule has 0 saturated heterocycles. The van der Waals surface area contributed by atoms with Crippen molar-refractivity contribution >= 4 is 11.9 Å². The van der Waals surface area contributed by atoms with E-state index < -0.39 is 17.8 Å². The van der Waals surface area contributed by atoms with E-state index in [4.69, 9.17) is 5.11 Å². The van der Waals surface area contributed by atoms with Gasteiger partial charge in [0.1, 0.15) is 0 Å². The average molecular weight is 237 g/mol. The third-order valence-electron chi connectivity index (χ3n) is 3.42. The van der Waals surface area contributed by atoms with Gasteiger partial charge in [0.15, 0.2) is 0 Å². The lowest BCUT2D eigenvalue weighted by molar-refractivity contribution is -0.146. The molecule has 4 nitrogen and oxygen atoms in total. The number of carboxylic acid groups (broad SMARTS) is 1. The summed E-state index contributed by atoms with van der Waals surface area (Å²) < 4.78 is 0. The molecule has 2 N–H and O–H groups in total. The fourth-order valence-corrected chi connectivity index (χ4v) is 2.39. The number of rotatable bonds is 4. The van der Waals surface area contributed by atoms with Gasteiger partial charge in [-0.25, -0.2) is 0 Å². The monoisotopic (exact) mass is 237 g/mol. The highest BCUT2D eigenvalue weighted by Gasteiger charge is 2.41. The largest absolute Gasteiger partial charge is 0.481 e. The molecular weight excluding hydrogens is 218 g/mol. The van der Waals surface area contributed by atoms with Gasteiger partial charge in [0.05, 0.1) is 18.4 Å². The minimum Gasteiger partial charge on any atom is -0.481 e. The average Bonchev–Trinajstić information content (AvgIpc) is 2.73. The smallest absolute Gasteiger partial charge is 0.307 e. The van der Waals surface area contributed by atoms with E-state index in [2.05, 4.69) is 17.2 Å². The standard InChI is InChI=1S/C13H19NO3/c1-3-5-6-14-12(15)10-7-9(4-2)8-11(10)13(16)17/h9-11H,4,6-8H2,1-2H3,(H,14,15)(H,16,17)/t9?,10-,11+/m0/s1. The fourth-order valence-electron chi connectivity index (χ4n) is 2.39. The van der Waals surface area contributed by atoms with Crippen molar-refractivity contribution in [1.29, 1.82) is 0 Å². The Morgan fingerprint density at radius 1 is 1.35 bits per heavy atom. The number of carbonyl (C=O) groups is 2. The van der Waals surface area contributed by atoms with Crippen LogP contribution in [0, 0.1) is 29.6 Å². The second kappa shape index (κ2) is 6.29. The Hall–Kier alpha value is -1.50. The summed E-state index contributed by atoms with van der Waals surface area (Å²) in [4.78, 5) is 23.0. The molecule has 0 heterocycles. The molecule has 1 fully saturated rings. The normalized spacial score (nSPS) is 27.1. The third-order valence-corrected chi connectivity index (χ3v) is 3.42. The molecule has 1 amide bonds. The molecule has 1 rings (SSSR count). The lowest BCUT2D eigenvalue weighted by Gasteiger charge is -2.14. The summed E-state index contributed by atoms with van der Waals surface area (Å²) in [5, 5.41) is 11.8. The number of nitrogens with one attached hydrogen (secondary N) is 1. The Labute approximate surface area is 102 Å². The van der Waals surface area contributed by atoms with Crippen molar-refractivity contribution in [2.45, 2.75) is 33.1 Å². The van der Waals surface area contributed by atoms with Crippen LogP contribution in [0.5, 0.6) is 0 Å². The Kier molecular flexibility index (Phi) is 5.02. The number of carbonyl (C=O) groups excluding carboxylic acids is 1. The van der Waals surface area contributed by atoms with E-state index in [-0.39, 0.29) is 5.91 Å². The van der Waals surface area contributed by atoms with Crippen LogP contribution in [0.25, 0.3) is 0 Å². The van der Waals surface area contributed by atoms with Gasteiger partial charge in [0, 0.05) is 0 Å². The van der Waals surface area contributed by atoms with Crippen LogP contribution in [0.3, 0.4) is 0 Å². The molecule has 0 bridgehead atoms. The summed E-state index contributed by atoms with van der Waals surface area (Å²) >= 11 is 0. The lowest BCUT2D eigenvalue weighted by atomic mass is 9.95. The maximum atomic E-state index is 11.9. The highest BCUT2D eigenvalue weighted by molar-refractivity contribution is 5.85. The molecule has 0 radical (unpaired) electrons. The zero-order valence-electron chi connectivity index (χ0n) is 10.3. The van der Waals surface area contributed by atoms with Crippen LogP contribution in [-0.2, 0) is 9.59 Å². The van der Waals surface area contributed by atoms with Crippen LogP contribution in [0.4, 0.5) is 0 Å². The third kappa shape index (κ3) is 3.48. The Balaban J connectivity index is 2.62. The van der Waals surface area contributed by atoms with Crippen LogP contribution in [0.2, 0.25) is 0 Å². The molecule has 4 heteroatoms. The van der Waals surface area contributed by atoms with E-state index in [0.717, 1.165) is 6.42 Å². The van der Waals surface area contributed by atoms with E-state index in [1.54, 1.807) is 6.92 Å². The predicted octanol–water partition coefficient (Wildman–Crippen LogP) is 1.26. The molecule has 0 aromatic carbocycles. The molecule has 17 heavy (non-hydrogen) atoms. The highest BCUT2D eigenvalue weighted by Crippen LogP contribution is 2.38. The van der Waals surface area contributed by atoms with Gasteiger partial charge < -0.3 is 10.4 Å². The van der Waals surface area contributed by atoms with Crippen LogP contribution in [-0.4, -0.2) is 23.5 Å². The van der Waals surface area contributed by atoms with E-state index in [9.17, 15) is 9.59 Å². The van der Waals surface area contributed by atoms with Crippen molar-refractivity contribution in [1.82, 2.24) is 5.32 Å². The summed E-state index contributed by atoms with van der Waals surface area (Å²) in [6, 6.07) is 0. The van der Waals surface area contributed by atoms with Crippen molar-refractivity contribution in [3.8, 4) is 11.8 Å². The fraction of sp³-hybridized carbons (Fsp3) is 0.692. The van der Waals surface area contributed by atoms with E-state index in [0.29, 0.717) is 25.3 Å². The number of aliphatic carboxylic acids is 1. The SMILES string of the molecule is CC#CCNC(=O)[C@H]1CC(CC)C[C@H]1C(=O)O. The molecule has 94 valence electrons. The van der Waals surface area contributed by atoms with Crippen molar-refractivity contribution < 1.29 is 14.7 Å². The van der Waals surface area contributed by atoms with Crippen molar-refractivity contribution in [2.75, 3.05) is 6.54 Å². The number of hydrogen-bond donors (Lipinski definition) is 2. The molecule has 0 aliphatic heterocycles. The van der Waals surface area contributed by atoms with Crippen molar-refractivity contribution in [2.24, 2.45) is 17.8 Å². The molecule has 3 atom stereocenters. The molecule has 1 unspecified atom stereocenters. The van der Waals surface area contributed by atoms with Crippen LogP contribution >= 0.6 is 0 Å². The quantitative estimate of drug-likeness (QED) is 0.723. The van der Waals surface area contributed by atoms with Gasteiger partial charge in [-0.2, -0.15) is 0 Å². The Bertz CT molecular complexity index is 353. The first-order chi connectivity index (χ1) is 8.10. The van der Waals surface area contributed by atoms with E-state index in [1.807, 2.05) is 6.92 Å². The first kappa shape index (κ1) is 13.6. The summed E-state index contributed by atoms with van der Waals surface area (Å²) in [7, 11) is 0. The minimum absolute atomic E-state index is 0.170. The van der Waals surface area contributed by atoms with Crippen LogP contribution < -0.4 is 5.32 Å². The summed E-state index contributed by atoms with van der Waals surface area (Å²) in [5.74, 6) is 3.83. The Morgan fingerprint density at radius 2 is 2.00 bits per heavy atom. The molecule has 0 aromatic rings. The molecular formula is C13H19NO3.